The fourth-order valence-electron chi connectivity index (χ4n) is 1.31. The Morgan fingerprint density at radius 2 is 2.00 bits per heavy atom. The summed E-state index contributed by atoms with van der Waals surface area (Å²) >= 11 is 0. The van der Waals surface area contributed by atoms with E-state index >= 15 is 0 Å². The van der Waals surface area contributed by atoms with Crippen LogP contribution in [-0.4, -0.2) is 56.1 Å². The summed E-state index contributed by atoms with van der Waals surface area (Å²) in [7, 11) is 4.13. The van der Waals surface area contributed by atoms with E-state index in [1.807, 2.05) is 0 Å². The Balaban J connectivity index is 3.64. The van der Waals surface area contributed by atoms with Crippen LogP contribution in [0.1, 0.15) is 13.3 Å². The molecule has 1 unspecified atom stereocenters. The van der Waals surface area contributed by atoms with Crippen molar-refractivity contribution < 1.29 is 0 Å². The molecule has 82 valence electrons. The molecule has 0 saturated heterocycles. The van der Waals surface area contributed by atoms with Crippen LogP contribution in [0.2, 0.25) is 0 Å². The molecule has 0 radical (unpaired) electrons. The van der Waals surface area contributed by atoms with Gasteiger partial charge >= 0.3 is 0 Å². The molecule has 0 fully saturated rings. The lowest BCUT2D eigenvalue weighted by atomic mass is 10.3. The van der Waals surface area contributed by atoms with Crippen LogP contribution in [0.4, 0.5) is 0 Å². The summed E-state index contributed by atoms with van der Waals surface area (Å²) in [4.78, 5) is 4.38. The number of likely N-dealkylation sites (N-methyl/N-ethyl adjacent to an activating group) is 1. The molecule has 0 saturated carbocycles. The van der Waals surface area contributed by atoms with E-state index in [0.29, 0.717) is 6.54 Å². The predicted molar refractivity (Wildman–Crippen MR) is 58.9 cm³/mol. The second kappa shape index (κ2) is 7.74. The Labute approximate surface area is 87.3 Å². The highest BCUT2D eigenvalue weighted by Gasteiger charge is 2.07. The zero-order valence-electron chi connectivity index (χ0n) is 9.53. The van der Waals surface area contributed by atoms with Crippen LogP contribution in [0.5, 0.6) is 0 Å². The summed E-state index contributed by atoms with van der Waals surface area (Å²) in [5.74, 6) is 0. The van der Waals surface area contributed by atoms with Gasteiger partial charge < -0.3 is 15.5 Å². The largest absolute Gasteiger partial charge is 0.315 e. The summed E-state index contributed by atoms with van der Waals surface area (Å²) in [5, 5.41) is 8.58. The van der Waals surface area contributed by atoms with E-state index in [-0.39, 0.29) is 6.04 Å². The van der Waals surface area contributed by atoms with Crippen molar-refractivity contribution in [1.82, 2.24) is 9.80 Å². The van der Waals surface area contributed by atoms with Gasteiger partial charge in [0.05, 0.1) is 6.07 Å². The predicted octanol–water partition coefficient (Wildman–Crippen LogP) is 0.111. The van der Waals surface area contributed by atoms with Gasteiger partial charge in [-0.2, -0.15) is 5.26 Å². The van der Waals surface area contributed by atoms with Crippen LogP contribution in [0.15, 0.2) is 0 Å². The van der Waals surface area contributed by atoms with Crippen LogP contribution < -0.4 is 5.73 Å². The van der Waals surface area contributed by atoms with Crippen molar-refractivity contribution in [1.29, 1.82) is 5.26 Å². The molecule has 0 aromatic heterocycles. The quantitative estimate of drug-likeness (QED) is 0.631. The van der Waals surface area contributed by atoms with Gasteiger partial charge in [0.25, 0.3) is 0 Å². The number of nitriles is 1. The third-order valence-corrected chi connectivity index (χ3v) is 2.15. The van der Waals surface area contributed by atoms with Crippen molar-refractivity contribution >= 4 is 0 Å². The third kappa shape index (κ3) is 6.84. The van der Waals surface area contributed by atoms with E-state index in [1.165, 1.54) is 0 Å². The Hall–Kier alpha value is -0.630. The molecule has 1 atom stereocenters. The van der Waals surface area contributed by atoms with Crippen molar-refractivity contribution in [3.63, 3.8) is 0 Å². The van der Waals surface area contributed by atoms with Gasteiger partial charge in [-0.1, -0.05) is 6.92 Å². The lowest BCUT2D eigenvalue weighted by Crippen LogP contribution is -2.37. The summed E-state index contributed by atoms with van der Waals surface area (Å²) < 4.78 is 0. The van der Waals surface area contributed by atoms with Gasteiger partial charge in [-0.05, 0) is 40.2 Å². The first-order valence-corrected chi connectivity index (χ1v) is 5.12. The monoisotopic (exact) mass is 198 g/mol. The standard InChI is InChI=1S/C10H22N4/c1-4-14(9-10(12)8-11)7-5-6-13(2)3/h10H,4-7,9,12H2,1-3H3. The first-order valence-electron chi connectivity index (χ1n) is 5.12. The Morgan fingerprint density at radius 1 is 1.36 bits per heavy atom. The zero-order chi connectivity index (χ0) is 11.0. The van der Waals surface area contributed by atoms with Crippen LogP contribution in [0.3, 0.4) is 0 Å². The maximum Gasteiger partial charge on any atom is 0.106 e. The van der Waals surface area contributed by atoms with E-state index in [4.69, 9.17) is 11.0 Å². The number of nitrogens with zero attached hydrogens (tertiary/aromatic N) is 3. The van der Waals surface area contributed by atoms with Gasteiger partial charge in [-0.25, -0.2) is 0 Å². The molecular formula is C10H22N4. The van der Waals surface area contributed by atoms with Crippen LogP contribution >= 0.6 is 0 Å². The molecule has 0 aliphatic carbocycles. The smallest absolute Gasteiger partial charge is 0.106 e. The molecule has 0 heterocycles. The van der Waals surface area contributed by atoms with Crippen LogP contribution in [-0.2, 0) is 0 Å². The normalized spacial score (nSPS) is 13.2. The topological polar surface area (TPSA) is 56.3 Å². The van der Waals surface area contributed by atoms with Gasteiger partial charge in [-0.15, -0.1) is 0 Å². The van der Waals surface area contributed by atoms with E-state index in [0.717, 1.165) is 26.1 Å². The van der Waals surface area contributed by atoms with Gasteiger partial charge in [0.15, 0.2) is 0 Å². The number of rotatable bonds is 7. The average Bonchev–Trinajstić information content (AvgIpc) is 2.15. The van der Waals surface area contributed by atoms with Crippen LogP contribution in [0, 0.1) is 11.3 Å². The van der Waals surface area contributed by atoms with Gasteiger partial charge in [-0.3, -0.25) is 0 Å². The van der Waals surface area contributed by atoms with E-state index < -0.39 is 0 Å². The highest BCUT2D eigenvalue weighted by atomic mass is 15.1. The summed E-state index contributed by atoms with van der Waals surface area (Å²) in [6.07, 6.45) is 1.12. The molecule has 0 aliphatic heterocycles. The number of hydrogen-bond acceptors (Lipinski definition) is 4. The molecule has 0 spiro atoms. The molecule has 0 bridgehead atoms. The van der Waals surface area contributed by atoms with Crippen molar-refractivity contribution in [3.8, 4) is 6.07 Å². The highest BCUT2D eigenvalue weighted by molar-refractivity contribution is 4.88. The zero-order valence-corrected chi connectivity index (χ0v) is 9.53. The molecule has 0 amide bonds. The second-order valence-electron chi connectivity index (χ2n) is 3.79. The Morgan fingerprint density at radius 3 is 2.43 bits per heavy atom. The van der Waals surface area contributed by atoms with Gasteiger partial charge in [0.1, 0.15) is 6.04 Å². The minimum Gasteiger partial charge on any atom is -0.315 e. The molecule has 0 rings (SSSR count). The summed E-state index contributed by atoms with van der Waals surface area (Å²) in [6, 6.07) is 1.70. The number of hydrogen-bond donors (Lipinski definition) is 1. The maximum atomic E-state index is 8.58. The minimum absolute atomic E-state index is 0.352. The molecule has 0 aromatic carbocycles. The van der Waals surface area contributed by atoms with Gasteiger partial charge in [0, 0.05) is 6.54 Å². The molecule has 14 heavy (non-hydrogen) atoms. The SMILES string of the molecule is CCN(CCCN(C)C)CC(N)C#N. The Bertz CT molecular complexity index is 173. The first kappa shape index (κ1) is 13.4. The minimum atomic E-state index is -0.352. The van der Waals surface area contributed by atoms with Crippen molar-refractivity contribution in [2.45, 2.75) is 19.4 Å². The lowest BCUT2D eigenvalue weighted by Gasteiger charge is -2.22. The fourth-order valence-corrected chi connectivity index (χ4v) is 1.31. The average molecular weight is 198 g/mol. The highest BCUT2D eigenvalue weighted by Crippen LogP contribution is 1.94. The Kier molecular flexibility index (Phi) is 7.40. The second-order valence-corrected chi connectivity index (χ2v) is 3.79. The summed E-state index contributed by atoms with van der Waals surface area (Å²) in [6.45, 7) is 5.84. The molecular weight excluding hydrogens is 176 g/mol. The lowest BCUT2D eigenvalue weighted by molar-refractivity contribution is 0.262. The molecule has 4 heteroatoms. The van der Waals surface area contributed by atoms with Crippen molar-refractivity contribution in [2.24, 2.45) is 5.73 Å². The molecule has 0 aliphatic rings. The van der Waals surface area contributed by atoms with Crippen molar-refractivity contribution in [3.05, 3.63) is 0 Å². The third-order valence-electron chi connectivity index (χ3n) is 2.15. The maximum absolute atomic E-state index is 8.58. The first-order chi connectivity index (χ1) is 6.60. The molecule has 4 nitrogen and oxygen atoms in total. The fraction of sp³-hybridized carbons (Fsp3) is 0.900. The number of nitrogens with two attached hydrogens (primary N) is 1. The van der Waals surface area contributed by atoms with E-state index in [1.54, 1.807) is 0 Å². The molecule has 2 N–H and O–H groups in total. The summed E-state index contributed by atoms with van der Waals surface area (Å²) in [5.41, 5.74) is 5.57. The van der Waals surface area contributed by atoms with E-state index in [9.17, 15) is 0 Å². The van der Waals surface area contributed by atoms with Crippen molar-refractivity contribution in [2.75, 3.05) is 40.3 Å². The van der Waals surface area contributed by atoms with E-state index in [2.05, 4.69) is 36.9 Å². The molecule has 0 aromatic rings. The van der Waals surface area contributed by atoms with Crippen LogP contribution in [0.25, 0.3) is 0 Å². The van der Waals surface area contributed by atoms with Gasteiger partial charge in [0.2, 0.25) is 0 Å².